The number of rotatable bonds is 8. The maximum atomic E-state index is 12.5. The van der Waals surface area contributed by atoms with Gasteiger partial charge in [0, 0.05) is 25.2 Å². The lowest BCUT2D eigenvalue weighted by molar-refractivity contribution is -0.145. The van der Waals surface area contributed by atoms with E-state index in [9.17, 15) is 9.59 Å². The lowest BCUT2D eigenvalue weighted by Gasteiger charge is -2.34. The first kappa shape index (κ1) is 20.2. The highest BCUT2D eigenvalue weighted by molar-refractivity contribution is 5.80. The van der Waals surface area contributed by atoms with Crippen molar-refractivity contribution in [3.8, 4) is 0 Å². The second-order valence-corrected chi connectivity index (χ2v) is 7.44. The van der Waals surface area contributed by atoms with Crippen molar-refractivity contribution in [2.75, 3.05) is 26.3 Å². The maximum Gasteiger partial charge on any atom is 0.248 e. The molecule has 2 aliphatic rings. The first-order chi connectivity index (χ1) is 12.2. The van der Waals surface area contributed by atoms with E-state index in [4.69, 9.17) is 4.74 Å². The molecule has 0 saturated heterocycles. The van der Waals surface area contributed by atoms with Crippen LogP contribution in [0.3, 0.4) is 0 Å². The molecule has 2 rings (SSSR count). The van der Waals surface area contributed by atoms with E-state index in [-0.39, 0.29) is 25.0 Å². The van der Waals surface area contributed by atoms with Gasteiger partial charge in [0.05, 0.1) is 0 Å². The van der Waals surface area contributed by atoms with E-state index in [2.05, 4.69) is 0 Å². The fourth-order valence-electron chi connectivity index (χ4n) is 4.45. The largest absolute Gasteiger partial charge is 0.362 e. The number of hydrogen-bond donors (Lipinski definition) is 0. The van der Waals surface area contributed by atoms with Crippen LogP contribution in [-0.4, -0.2) is 60.0 Å². The van der Waals surface area contributed by atoms with Crippen LogP contribution in [0.4, 0.5) is 0 Å². The number of carbonyl (C=O) groups excluding carboxylic acids is 2. The molecule has 0 aliphatic heterocycles. The smallest absolute Gasteiger partial charge is 0.248 e. The normalized spacial score (nSPS) is 19.6. The summed E-state index contributed by atoms with van der Waals surface area (Å²) in [4.78, 5) is 28.8. The Balaban J connectivity index is 1.75. The molecule has 2 aliphatic carbocycles. The van der Waals surface area contributed by atoms with Crippen LogP contribution in [0.1, 0.15) is 78.1 Å². The van der Waals surface area contributed by atoms with E-state index in [1.807, 2.05) is 23.6 Å². The molecule has 0 bridgehead atoms. The molecule has 0 heterocycles. The second kappa shape index (κ2) is 10.8. The quantitative estimate of drug-likeness (QED) is 0.673. The van der Waals surface area contributed by atoms with Crippen molar-refractivity contribution in [1.29, 1.82) is 0 Å². The molecule has 0 unspecified atom stereocenters. The van der Waals surface area contributed by atoms with Crippen LogP contribution in [0.2, 0.25) is 0 Å². The minimum Gasteiger partial charge on any atom is -0.362 e. The predicted octanol–water partition coefficient (Wildman–Crippen LogP) is 3.37. The molecule has 0 N–H and O–H groups in total. The average molecular weight is 353 g/mol. The van der Waals surface area contributed by atoms with Crippen LogP contribution < -0.4 is 0 Å². The van der Waals surface area contributed by atoms with E-state index < -0.39 is 0 Å². The predicted molar refractivity (Wildman–Crippen MR) is 99.3 cm³/mol. The first-order valence-electron chi connectivity index (χ1n) is 10.3. The van der Waals surface area contributed by atoms with E-state index in [1.54, 1.807) is 0 Å². The molecule has 0 aromatic heterocycles. The number of carbonyl (C=O) groups is 2. The molecule has 144 valence electrons. The summed E-state index contributed by atoms with van der Waals surface area (Å²) in [6.45, 7) is 5.56. The topological polar surface area (TPSA) is 49.9 Å². The highest BCUT2D eigenvalue weighted by Crippen LogP contribution is 2.23. The third-order valence-electron chi connectivity index (χ3n) is 5.80. The molecule has 5 heteroatoms. The van der Waals surface area contributed by atoms with Gasteiger partial charge >= 0.3 is 0 Å². The molecule has 0 aromatic rings. The van der Waals surface area contributed by atoms with E-state index in [0.717, 1.165) is 38.8 Å². The molecule has 2 saturated carbocycles. The van der Waals surface area contributed by atoms with Crippen molar-refractivity contribution in [3.63, 3.8) is 0 Å². The average Bonchev–Trinajstić information content (AvgIpc) is 2.65. The van der Waals surface area contributed by atoms with E-state index in [0.29, 0.717) is 12.1 Å². The standard InChI is InChI=1S/C20H36N2O3/c1-3-21(17-11-7-5-8-12-17)19(23)15-25-16-20(24)22(4-2)18-13-9-6-10-14-18/h17-18H,3-16H2,1-2H3. The van der Waals surface area contributed by atoms with Gasteiger partial charge < -0.3 is 14.5 Å². The fraction of sp³-hybridized carbons (Fsp3) is 0.900. The summed E-state index contributed by atoms with van der Waals surface area (Å²) in [5, 5.41) is 0. The Morgan fingerprint density at radius 3 is 1.40 bits per heavy atom. The Morgan fingerprint density at radius 2 is 1.08 bits per heavy atom. The van der Waals surface area contributed by atoms with Crippen molar-refractivity contribution >= 4 is 11.8 Å². The summed E-state index contributed by atoms with van der Waals surface area (Å²) >= 11 is 0. The zero-order valence-corrected chi connectivity index (χ0v) is 16.2. The summed E-state index contributed by atoms with van der Waals surface area (Å²) in [7, 11) is 0. The van der Waals surface area contributed by atoms with Gasteiger partial charge in [0.15, 0.2) is 0 Å². The molecule has 0 aromatic carbocycles. The molecule has 5 nitrogen and oxygen atoms in total. The van der Waals surface area contributed by atoms with Gasteiger partial charge in [-0.3, -0.25) is 9.59 Å². The van der Waals surface area contributed by atoms with Gasteiger partial charge in [-0.15, -0.1) is 0 Å². The molecule has 25 heavy (non-hydrogen) atoms. The Kier molecular flexibility index (Phi) is 8.73. The minimum atomic E-state index is 0.0261. The highest BCUT2D eigenvalue weighted by Gasteiger charge is 2.26. The van der Waals surface area contributed by atoms with Crippen LogP contribution in [-0.2, 0) is 14.3 Å². The molecule has 2 fully saturated rings. The van der Waals surface area contributed by atoms with Crippen LogP contribution in [0, 0.1) is 0 Å². The van der Waals surface area contributed by atoms with Gasteiger partial charge in [-0.05, 0) is 39.5 Å². The lowest BCUT2D eigenvalue weighted by Crippen LogP contribution is -2.45. The number of nitrogens with zero attached hydrogens (tertiary/aromatic N) is 2. The molecular formula is C20H36N2O3. The van der Waals surface area contributed by atoms with E-state index >= 15 is 0 Å². The van der Waals surface area contributed by atoms with Crippen LogP contribution in [0.25, 0.3) is 0 Å². The zero-order chi connectivity index (χ0) is 18.1. The second-order valence-electron chi connectivity index (χ2n) is 7.44. The van der Waals surface area contributed by atoms with Crippen molar-refractivity contribution in [2.45, 2.75) is 90.1 Å². The van der Waals surface area contributed by atoms with Crippen LogP contribution >= 0.6 is 0 Å². The highest BCUT2D eigenvalue weighted by atomic mass is 16.5. The molecule has 0 radical (unpaired) electrons. The Morgan fingerprint density at radius 1 is 0.720 bits per heavy atom. The summed E-state index contributed by atoms with van der Waals surface area (Å²) in [5.41, 5.74) is 0. The summed E-state index contributed by atoms with van der Waals surface area (Å²) in [5.74, 6) is 0.0610. The van der Waals surface area contributed by atoms with Crippen molar-refractivity contribution < 1.29 is 14.3 Å². The van der Waals surface area contributed by atoms with Crippen molar-refractivity contribution in [3.05, 3.63) is 0 Å². The minimum absolute atomic E-state index is 0.0261. The molecular weight excluding hydrogens is 316 g/mol. The number of amides is 2. The Labute approximate surface area is 153 Å². The van der Waals surface area contributed by atoms with Gasteiger partial charge in [0.25, 0.3) is 0 Å². The maximum absolute atomic E-state index is 12.5. The Hall–Kier alpha value is -1.10. The fourth-order valence-corrected chi connectivity index (χ4v) is 4.45. The summed E-state index contributed by atoms with van der Waals surface area (Å²) < 4.78 is 5.52. The van der Waals surface area contributed by atoms with Crippen LogP contribution in [0.15, 0.2) is 0 Å². The molecule has 0 atom stereocenters. The molecule has 2 amide bonds. The van der Waals surface area contributed by atoms with Gasteiger partial charge in [-0.1, -0.05) is 38.5 Å². The van der Waals surface area contributed by atoms with E-state index in [1.165, 1.54) is 38.5 Å². The van der Waals surface area contributed by atoms with Gasteiger partial charge in [0.1, 0.15) is 13.2 Å². The number of ether oxygens (including phenoxy) is 1. The summed E-state index contributed by atoms with van der Waals surface area (Å²) in [6, 6.07) is 0.722. The number of likely N-dealkylation sites (N-methyl/N-ethyl adjacent to an activating group) is 2. The monoisotopic (exact) mass is 352 g/mol. The van der Waals surface area contributed by atoms with Crippen molar-refractivity contribution in [1.82, 2.24) is 9.80 Å². The van der Waals surface area contributed by atoms with Gasteiger partial charge in [-0.25, -0.2) is 0 Å². The van der Waals surface area contributed by atoms with Crippen LogP contribution in [0.5, 0.6) is 0 Å². The lowest BCUT2D eigenvalue weighted by atomic mass is 9.94. The van der Waals surface area contributed by atoms with Crippen molar-refractivity contribution in [2.24, 2.45) is 0 Å². The van der Waals surface area contributed by atoms with Gasteiger partial charge in [-0.2, -0.15) is 0 Å². The Bertz CT molecular complexity index is 377. The van der Waals surface area contributed by atoms with Gasteiger partial charge in [0.2, 0.25) is 11.8 Å². The third kappa shape index (κ3) is 5.98. The SMILES string of the molecule is CCN(C(=O)COCC(=O)N(CC)C1CCCCC1)C1CCCCC1. The third-order valence-corrected chi connectivity index (χ3v) is 5.80. The zero-order valence-electron chi connectivity index (χ0n) is 16.2. The molecule has 0 spiro atoms. The summed E-state index contributed by atoms with van der Waals surface area (Å²) in [6.07, 6.45) is 11.8. The first-order valence-corrected chi connectivity index (χ1v) is 10.3. The number of hydrogen-bond acceptors (Lipinski definition) is 3.